The van der Waals surface area contributed by atoms with Crippen LogP contribution in [-0.2, 0) is 18.0 Å². The predicted molar refractivity (Wildman–Crippen MR) is 51.6 cm³/mol. The first-order chi connectivity index (χ1) is 6.12. The molecular formula is C4H9BrO7P2. The summed E-state index contributed by atoms with van der Waals surface area (Å²) in [4.78, 5) is 25.2. The highest BCUT2D eigenvalue weighted by Gasteiger charge is 2.31. The SMILES string of the molecule is C=C(Br)CCOP(=O)(O)OP(=O)(O)O. The van der Waals surface area contributed by atoms with Crippen LogP contribution in [0, 0.1) is 0 Å². The van der Waals surface area contributed by atoms with Gasteiger partial charge in [-0.25, -0.2) is 9.13 Å². The Balaban J connectivity index is 4.03. The van der Waals surface area contributed by atoms with Gasteiger partial charge in [0.05, 0.1) is 6.61 Å². The number of hydrogen-bond donors (Lipinski definition) is 3. The van der Waals surface area contributed by atoms with Crippen LogP contribution in [0.5, 0.6) is 0 Å². The van der Waals surface area contributed by atoms with Gasteiger partial charge < -0.3 is 14.7 Å². The number of phosphoric ester groups is 1. The molecule has 0 rings (SSSR count). The van der Waals surface area contributed by atoms with Crippen LogP contribution < -0.4 is 0 Å². The maximum Gasteiger partial charge on any atom is 0.481 e. The van der Waals surface area contributed by atoms with Gasteiger partial charge in [0.25, 0.3) is 0 Å². The molecule has 10 heteroatoms. The summed E-state index contributed by atoms with van der Waals surface area (Å²) in [6.45, 7) is 3.18. The Morgan fingerprint density at radius 3 is 2.21 bits per heavy atom. The van der Waals surface area contributed by atoms with Gasteiger partial charge in [-0.1, -0.05) is 22.5 Å². The molecule has 0 amide bonds. The average molecular weight is 311 g/mol. The highest BCUT2D eigenvalue weighted by atomic mass is 79.9. The summed E-state index contributed by atoms with van der Waals surface area (Å²) in [5.41, 5.74) is 0. The van der Waals surface area contributed by atoms with Gasteiger partial charge in [-0.2, -0.15) is 4.31 Å². The molecule has 0 aromatic rings. The van der Waals surface area contributed by atoms with Crippen molar-refractivity contribution in [2.75, 3.05) is 6.61 Å². The van der Waals surface area contributed by atoms with Crippen molar-refractivity contribution in [1.29, 1.82) is 0 Å². The minimum absolute atomic E-state index is 0.217. The van der Waals surface area contributed by atoms with Gasteiger partial charge in [0.2, 0.25) is 0 Å². The summed E-state index contributed by atoms with van der Waals surface area (Å²) in [7, 11) is -9.72. The molecule has 0 aromatic heterocycles. The largest absolute Gasteiger partial charge is 0.481 e. The Morgan fingerprint density at radius 1 is 1.36 bits per heavy atom. The number of hydrogen-bond acceptors (Lipinski definition) is 4. The molecule has 0 aliphatic carbocycles. The van der Waals surface area contributed by atoms with Crippen molar-refractivity contribution in [3.8, 4) is 0 Å². The Morgan fingerprint density at radius 2 is 1.86 bits per heavy atom. The van der Waals surface area contributed by atoms with E-state index in [-0.39, 0.29) is 13.0 Å². The molecule has 0 aliphatic heterocycles. The van der Waals surface area contributed by atoms with Crippen LogP contribution in [0.4, 0.5) is 0 Å². The lowest BCUT2D eigenvalue weighted by atomic mass is 10.5. The predicted octanol–water partition coefficient (Wildman–Crippen LogP) is 1.51. The van der Waals surface area contributed by atoms with Crippen molar-refractivity contribution in [3.63, 3.8) is 0 Å². The lowest BCUT2D eigenvalue weighted by molar-refractivity contribution is 0.180. The van der Waals surface area contributed by atoms with Gasteiger partial charge in [0, 0.05) is 6.42 Å². The fraction of sp³-hybridized carbons (Fsp3) is 0.500. The molecule has 0 fully saturated rings. The zero-order valence-electron chi connectivity index (χ0n) is 6.87. The highest BCUT2D eigenvalue weighted by molar-refractivity contribution is 9.11. The van der Waals surface area contributed by atoms with Crippen molar-refractivity contribution < 1.29 is 32.6 Å². The molecule has 0 bridgehead atoms. The Labute approximate surface area is 88.7 Å². The van der Waals surface area contributed by atoms with E-state index in [4.69, 9.17) is 14.7 Å². The normalized spacial score (nSPS) is 16.3. The number of phosphoric acid groups is 2. The van der Waals surface area contributed by atoms with E-state index in [1.54, 1.807) is 0 Å². The third-order valence-corrected chi connectivity index (χ3v) is 3.42. The monoisotopic (exact) mass is 310 g/mol. The molecule has 0 saturated heterocycles. The van der Waals surface area contributed by atoms with Crippen molar-refractivity contribution >= 4 is 31.6 Å². The molecule has 1 atom stereocenters. The van der Waals surface area contributed by atoms with E-state index in [1.807, 2.05) is 0 Å². The molecule has 0 radical (unpaired) electrons. The second-order valence-corrected chi connectivity index (χ2v) is 6.09. The standard InChI is InChI=1S/C4H9BrO7P2/c1-4(5)2-3-11-14(9,10)12-13(6,7)8/h1-3H2,(H,9,10)(H2,6,7,8). The van der Waals surface area contributed by atoms with E-state index in [1.165, 1.54) is 0 Å². The summed E-state index contributed by atoms with van der Waals surface area (Å²) in [6.07, 6.45) is 0.217. The van der Waals surface area contributed by atoms with Crippen LogP contribution in [0.3, 0.4) is 0 Å². The second-order valence-electron chi connectivity index (χ2n) is 2.14. The van der Waals surface area contributed by atoms with Gasteiger partial charge >= 0.3 is 15.6 Å². The van der Waals surface area contributed by atoms with Crippen LogP contribution >= 0.6 is 31.6 Å². The molecular weight excluding hydrogens is 302 g/mol. The fourth-order valence-electron chi connectivity index (χ4n) is 0.430. The minimum Gasteiger partial charge on any atom is -0.302 e. The zero-order chi connectivity index (χ0) is 11.4. The molecule has 0 aliphatic rings. The fourth-order valence-corrected chi connectivity index (χ4v) is 2.18. The molecule has 0 saturated carbocycles. The molecule has 14 heavy (non-hydrogen) atoms. The first-order valence-corrected chi connectivity index (χ1v) is 7.02. The quantitative estimate of drug-likeness (QED) is 0.637. The van der Waals surface area contributed by atoms with Gasteiger partial charge in [-0.3, -0.25) is 4.52 Å². The van der Waals surface area contributed by atoms with E-state index < -0.39 is 15.6 Å². The van der Waals surface area contributed by atoms with Crippen LogP contribution in [0.15, 0.2) is 11.1 Å². The molecule has 1 unspecified atom stereocenters. The molecule has 0 spiro atoms. The van der Waals surface area contributed by atoms with E-state index in [0.29, 0.717) is 4.48 Å². The molecule has 0 heterocycles. The van der Waals surface area contributed by atoms with E-state index in [9.17, 15) is 9.13 Å². The Bertz CT molecular complexity index is 296. The minimum atomic E-state index is -5.02. The topological polar surface area (TPSA) is 113 Å². The molecule has 7 nitrogen and oxygen atoms in total. The van der Waals surface area contributed by atoms with Crippen molar-refractivity contribution in [1.82, 2.24) is 0 Å². The maximum absolute atomic E-state index is 10.8. The zero-order valence-corrected chi connectivity index (χ0v) is 10.2. The number of rotatable bonds is 6. The summed E-state index contributed by atoms with van der Waals surface area (Å²) < 4.78 is 29.2. The lowest BCUT2D eigenvalue weighted by Gasteiger charge is -2.11. The van der Waals surface area contributed by atoms with Crippen LogP contribution in [-0.4, -0.2) is 21.3 Å². The van der Waals surface area contributed by atoms with Gasteiger partial charge in [0.15, 0.2) is 0 Å². The number of halogens is 1. The second kappa shape index (κ2) is 5.53. The molecule has 0 aromatic carbocycles. The first kappa shape index (κ1) is 14.5. The lowest BCUT2D eigenvalue weighted by Crippen LogP contribution is -1.95. The average Bonchev–Trinajstić information content (AvgIpc) is 1.78. The highest BCUT2D eigenvalue weighted by Crippen LogP contribution is 2.57. The smallest absolute Gasteiger partial charge is 0.302 e. The maximum atomic E-state index is 10.8. The first-order valence-electron chi connectivity index (χ1n) is 3.20. The van der Waals surface area contributed by atoms with E-state index >= 15 is 0 Å². The Hall–Kier alpha value is 0.480. The third kappa shape index (κ3) is 9.05. The third-order valence-electron chi connectivity index (χ3n) is 0.837. The molecule has 84 valence electrons. The van der Waals surface area contributed by atoms with Crippen LogP contribution in [0.1, 0.15) is 6.42 Å². The summed E-state index contributed by atoms with van der Waals surface area (Å²) >= 11 is 2.96. The Kier molecular flexibility index (Phi) is 5.72. The van der Waals surface area contributed by atoms with Crippen molar-refractivity contribution in [2.24, 2.45) is 0 Å². The van der Waals surface area contributed by atoms with Crippen molar-refractivity contribution in [2.45, 2.75) is 6.42 Å². The van der Waals surface area contributed by atoms with Gasteiger partial charge in [-0.05, 0) is 4.48 Å². The van der Waals surface area contributed by atoms with E-state index in [2.05, 4.69) is 31.3 Å². The van der Waals surface area contributed by atoms with Gasteiger partial charge in [0.1, 0.15) is 0 Å². The summed E-state index contributed by atoms with van der Waals surface area (Å²) in [5.74, 6) is 0. The van der Waals surface area contributed by atoms with Crippen LogP contribution in [0.2, 0.25) is 0 Å². The summed E-state index contributed by atoms with van der Waals surface area (Å²) in [5, 5.41) is 0. The summed E-state index contributed by atoms with van der Waals surface area (Å²) in [6, 6.07) is 0. The van der Waals surface area contributed by atoms with Gasteiger partial charge in [-0.15, -0.1) is 0 Å². The van der Waals surface area contributed by atoms with Crippen molar-refractivity contribution in [3.05, 3.63) is 11.1 Å². The van der Waals surface area contributed by atoms with Crippen LogP contribution in [0.25, 0.3) is 0 Å². The van der Waals surface area contributed by atoms with E-state index in [0.717, 1.165) is 0 Å². The molecule has 3 N–H and O–H groups in total.